The molecule has 0 aliphatic carbocycles. The van der Waals surface area contributed by atoms with Gasteiger partial charge in [-0.25, -0.2) is 5.84 Å². The van der Waals surface area contributed by atoms with Crippen LogP contribution in [0.1, 0.15) is 6.92 Å². The highest BCUT2D eigenvalue weighted by Crippen LogP contribution is 2.20. The van der Waals surface area contributed by atoms with Gasteiger partial charge in [0.25, 0.3) is 0 Å². The van der Waals surface area contributed by atoms with Gasteiger partial charge in [0.05, 0.1) is 11.6 Å². The lowest BCUT2D eigenvalue weighted by molar-refractivity contribution is 0.904. The fourth-order valence-electron chi connectivity index (χ4n) is 1.53. The normalized spacial score (nSPS) is 12.6. The molecule has 2 aromatic rings. The van der Waals surface area contributed by atoms with Crippen LogP contribution < -0.4 is 16.6 Å². The first kappa shape index (κ1) is 11.9. The number of nitrogens with zero attached hydrogens (tertiary/aromatic N) is 3. The van der Waals surface area contributed by atoms with Crippen molar-refractivity contribution in [2.75, 3.05) is 22.8 Å². The summed E-state index contributed by atoms with van der Waals surface area (Å²) < 4.78 is 0. The molecule has 1 unspecified atom stereocenters. The predicted molar refractivity (Wildman–Crippen MR) is 71.0 cm³/mol. The minimum atomic E-state index is 0.309. The monoisotopic (exact) mass is 253 g/mol. The summed E-state index contributed by atoms with van der Waals surface area (Å²) in [5.41, 5.74) is 3.10. The number of nitrogens with one attached hydrogen (secondary N) is 3. The highest BCUT2D eigenvalue weighted by atomic mass is 32.2. The molecule has 2 aromatic heterocycles. The van der Waals surface area contributed by atoms with E-state index in [2.05, 4.69) is 44.1 Å². The van der Waals surface area contributed by atoms with Gasteiger partial charge >= 0.3 is 0 Å². The number of nitrogen functional groups attached to an aromatic ring is 1. The fraction of sp³-hybridized carbons (Fsp3) is 0.444. The topological polar surface area (TPSA) is 105 Å². The second-order valence-electron chi connectivity index (χ2n) is 3.67. The lowest BCUT2D eigenvalue weighted by atomic mass is 10.3. The van der Waals surface area contributed by atoms with Crippen LogP contribution in [0.4, 0.5) is 11.8 Å². The minimum Gasteiger partial charge on any atom is -0.366 e. The molecule has 92 valence electrons. The van der Waals surface area contributed by atoms with Crippen LogP contribution in [0.3, 0.4) is 0 Å². The molecule has 17 heavy (non-hydrogen) atoms. The molecule has 0 radical (unpaired) electrons. The van der Waals surface area contributed by atoms with Crippen molar-refractivity contribution in [1.29, 1.82) is 0 Å². The molecule has 0 spiro atoms. The van der Waals surface area contributed by atoms with E-state index in [1.807, 2.05) is 0 Å². The van der Waals surface area contributed by atoms with Crippen molar-refractivity contribution in [3.63, 3.8) is 0 Å². The van der Waals surface area contributed by atoms with Crippen LogP contribution >= 0.6 is 11.8 Å². The number of aromatic nitrogens is 4. The maximum Gasteiger partial charge on any atom is 0.241 e. The Morgan fingerprint density at radius 1 is 1.53 bits per heavy atom. The molecule has 0 amide bonds. The highest BCUT2D eigenvalue weighted by Gasteiger charge is 2.10. The maximum absolute atomic E-state index is 5.33. The molecule has 7 nitrogen and oxygen atoms in total. The number of hydrogen-bond donors (Lipinski definition) is 4. The van der Waals surface area contributed by atoms with E-state index in [1.54, 1.807) is 18.0 Å². The molecule has 1 atom stereocenters. The quantitative estimate of drug-likeness (QED) is 0.461. The molecule has 0 saturated carbocycles. The molecule has 0 aliphatic rings. The average molecular weight is 253 g/mol. The Bertz CT molecular complexity index is 497. The lowest BCUT2D eigenvalue weighted by Gasteiger charge is -2.14. The number of H-pyrrole nitrogens is 1. The first-order valence-corrected chi connectivity index (χ1v) is 6.57. The molecule has 8 heteroatoms. The van der Waals surface area contributed by atoms with Crippen molar-refractivity contribution in [2.24, 2.45) is 5.84 Å². The molecule has 2 rings (SSSR count). The first-order chi connectivity index (χ1) is 8.24. The average Bonchev–Trinajstić information content (AvgIpc) is 2.77. The third-order valence-electron chi connectivity index (χ3n) is 2.24. The molecular weight excluding hydrogens is 238 g/mol. The zero-order chi connectivity index (χ0) is 12.3. The van der Waals surface area contributed by atoms with Gasteiger partial charge in [0.2, 0.25) is 5.95 Å². The van der Waals surface area contributed by atoms with Gasteiger partial charge in [-0.2, -0.15) is 26.8 Å². The van der Waals surface area contributed by atoms with Gasteiger partial charge in [0.1, 0.15) is 5.82 Å². The number of hydrogen-bond acceptors (Lipinski definition) is 7. The molecule has 0 aromatic carbocycles. The Morgan fingerprint density at radius 3 is 3.06 bits per heavy atom. The van der Waals surface area contributed by atoms with Crippen LogP contribution in [-0.2, 0) is 0 Å². The second-order valence-corrected chi connectivity index (χ2v) is 4.58. The Kier molecular flexibility index (Phi) is 3.64. The third-order valence-corrected chi connectivity index (χ3v) is 3.07. The van der Waals surface area contributed by atoms with Gasteiger partial charge in [0, 0.05) is 11.8 Å². The number of hydrazine groups is 1. The SMILES string of the molecule is CSCC(C)Nc1nc(NN)nc2[nH]ncc12. The zero-order valence-corrected chi connectivity index (χ0v) is 10.5. The van der Waals surface area contributed by atoms with Crippen LogP contribution in [0.5, 0.6) is 0 Å². The molecule has 0 bridgehead atoms. The van der Waals surface area contributed by atoms with Crippen LogP contribution in [0.2, 0.25) is 0 Å². The molecule has 5 N–H and O–H groups in total. The Balaban J connectivity index is 2.33. The Morgan fingerprint density at radius 2 is 2.35 bits per heavy atom. The van der Waals surface area contributed by atoms with E-state index in [-0.39, 0.29) is 0 Å². The maximum atomic E-state index is 5.33. The standard InChI is InChI=1S/C9H15N7S/c1-5(4-17-2)12-7-6-3-11-16-8(6)14-9(13-7)15-10/h3,5H,4,10H2,1-2H3,(H3,11,12,13,14,15,16). The van der Waals surface area contributed by atoms with E-state index in [1.165, 1.54) is 0 Å². The van der Waals surface area contributed by atoms with Gasteiger partial charge < -0.3 is 5.32 Å². The van der Waals surface area contributed by atoms with Gasteiger partial charge in [-0.1, -0.05) is 0 Å². The van der Waals surface area contributed by atoms with Crippen molar-refractivity contribution in [3.05, 3.63) is 6.20 Å². The summed E-state index contributed by atoms with van der Waals surface area (Å²) in [4.78, 5) is 8.44. The van der Waals surface area contributed by atoms with E-state index >= 15 is 0 Å². The smallest absolute Gasteiger partial charge is 0.241 e. The molecular formula is C9H15N7S. The molecule has 2 heterocycles. The highest BCUT2D eigenvalue weighted by molar-refractivity contribution is 7.98. The van der Waals surface area contributed by atoms with Gasteiger partial charge in [0.15, 0.2) is 5.65 Å². The zero-order valence-electron chi connectivity index (χ0n) is 9.69. The number of thioether (sulfide) groups is 1. The molecule has 0 aliphatic heterocycles. The predicted octanol–water partition coefficient (Wildman–Crippen LogP) is 0.802. The second kappa shape index (κ2) is 5.19. The van der Waals surface area contributed by atoms with Gasteiger partial charge in [-0.15, -0.1) is 0 Å². The summed E-state index contributed by atoms with van der Waals surface area (Å²) >= 11 is 1.78. The van der Waals surface area contributed by atoms with Gasteiger partial charge in [-0.05, 0) is 13.2 Å². The summed E-state index contributed by atoms with van der Waals surface area (Å²) in [6.45, 7) is 2.10. The first-order valence-electron chi connectivity index (χ1n) is 5.17. The van der Waals surface area contributed by atoms with E-state index in [9.17, 15) is 0 Å². The summed E-state index contributed by atoms with van der Waals surface area (Å²) in [6.07, 6.45) is 3.77. The van der Waals surface area contributed by atoms with E-state index in [0.717, 1.165) is 17.0 Å². The summed E-state index contributed by atoms with van der Waals surface area (Å²) in [7, 11) is 0. The summed E-state index contributed by atoms with van der Waals surface area (Å²) in [5, 5.41) is 10.9. The van der Waals surface area contributed by atoms with Crippen molar-refractivity contribution >= 4 is 34.6 Å². The molecule has 0 saturated heterocycles. The lowest BCUT2D eigenvalue weighted by Crippen LogP contribution is -2.20. The Hall–Kier alpha value is -1.54. The molecule has 0 fully saturated rings. The number of fused-ring (bicyclic) bond motifs is 1. The van der Waals surface area contributed by atoms with E-state index < -0.39 is 0 Å². The van der Waals surface area contributed by atoms with Crippen molar-refractivity contribution in [3.8, 4) is 0 Å². The summed E-state index contributed by atoms with van der Waals surface area (Å²) in [5.74, 6) is 7.42. The van der Waals surface area contributed by atoms with Crippen LogP contribution in [0, 0.1) is 0 Å². The number of rotatable bonds is 5. The van der Waals surface area contributed by atoms with E-state index in [0.29, 0.717) is 17.6 Å². The summed E-state index contributed by atoms with van der Waals surface area (Å²) in [6, 6.07) is 0.309. The number of anilines is 2. The van der Waals surface area contributed by atoms with Crippen LogP contribution in [0.25, 0.3) is 11.0 Å². The van der Waals surface area contributed by atoms with E-state index in [4.69, 9.17) is 5.84 Å². The Labute approximate surface area is 103 Å². The minimum absolute atomic E-state index is 0.309. The van der Waals surface area contributed by atoms with Crippen molar-refractivity contribution in [2.45, 2.75) is 13.0 Å². The third kappa shape index (κ3) is 2.59. The number of aromatic amines is 1. The van der Waals surface area contributed by atoms with Gasteiger partial charge in [-0.3, -0.25) is 10.5 Å². The van der Waals surface area contributed by atoms with Crippen LogP contribution in [0.15, 0.2) is 6.20 Å². The number of nitrogens with two attached hydrogens (primary N) is 1. The van der Waals surface area contributed by atoms with Crippen molar-refractivity contribution in [1.82, 2.24) is 20.2 Å². The fourth-order valence-corrected chi connectivity index (χ4v) is 2.12. The largest absolute Gasteiger partial charge is 0.366 e. The van der Waals surface area contributed by atoms with Crippen LogP contribution in [-0.4, -0.2) is 38.2 Å². The van der Waals surface area contributed by atoms with Crippen molar-refractivity contribution < 1.29 is 0 Å².